The molecule has 0 bridgehead atoms. The Bertz CT molecular complexity index is 982. The highest BCUT2D eigenvalue weighted by atomic mass is 35.5. The maximum atomic E-state index is 12.7. The zero-order valence-electron chi connectivity index (χ0n) is 16.0. The highest BCUT2D eigenvalue weighted by Gasteiger charge is 2.25. The molecule has 0 saturated carbocycles. The van der Waals surface area contributed by atoms with E-state index in [-0.39, 0.29) is 5.91 Å². The summed E-state index contributed by atoms with van der Waals surface area (Å²) in [4.78, 5) is 21.0. The van der Waals surface area contributed by atoms with Crippen LogP contribution < -0.4 is 9.64 Å². The zero-order chi connectivity index (χ0) is 20.2. The first-order valence-corrected chi connectivity index (χ1v) is 9.76. The molecule has 7 nitrogen and oxygen atoms in total. The summed E-state index contributed by atoms with van der Waals surface area (Å²) >= 11 is 5.92. The first-order chi connectivity index (χ1) is 14.1. The number of methoxy groups -OCH3 is 1. The van der Waals surface area contributed by atoms with Gasteiger partial charge in [-0.15, -0.1) is 0 Å². The predicted octanol–water partition coefficient (Wildman–Crippen LogP) is 3.29. The lowest BCUT2D eigenvalue weighted by Crippen LogP contribution is -2.49. The van der Waals surface area contributed by atoms with E-state index in [1.165, 1.54) is 0 Å². The van der Waals surface area contributed by atoms with Crippen molar-refractivity contribution in [3.05, 3.63) is 59.1 Å². The number of nitrogens with zero attached hydrogens (tertiary/aromatic N) is 4. The summed E-state index contributed by atoms with van der Waals surface area (Å²) in [6, 6.07) is 15.4. The minimum Gasteiger partial charge on any atom is -0.496 e. The minimum absolute atomic E-state index is 0.0848. The van der Waals surface area contributed by atoms with Crippen molar-refractivity contribution in [2.24, 2.45) is 0 Å². The number of rotatable bonds is 5. The minimum atomic E-state index is 0.0848. The molecule has 4 rings (SSSR count). The monoisotopic (exact) mass is 412 g/mol. The van der Waals surface area contributed by atoms with Gasteiger partial charge in [0, 0.05) is 42.3 Å². The molecule has 3 aromatic rings. The second-order valence-electron chi connectivity index (χ2n) is 6.76. The highest BCUT2D eigenvalue weighted by molar-refractivity contribution is 6.30. The van der Waals surface area contributed by atoms with Gasteiger partial charge in [-0.05, 0) is 30.3 Å². The highest BCUT2D eigenvalue weighted by Crippen LogP contribution is 2.23. The second-order valence-corrected chi connectivity index (χ2v) is 7.20. The quantitative estimate of drug-likeness (QED) is 0.640. The van der Waals surface area contributed by atoms with E-state index in [9.17, 15) is 4.79 Å². The van der Waals surface area contributed by atoms with Gasteiger partial charge < -0.3 is 19.1 Å². The summed E-state index contributed by atoms with van der Waals surface area (Å²) in [6.07, 6.45) is 0.325. The van der Waals surface area contributed by atoms with Crippen LogP contribution in [0.4, 0.5) is 6.01 Å². The standard InChI is InChI=1S/C21H21ClN4O3/c1-28-18-5-3-2-4-16(18)14-19(27)25-10-12-26(13-11-25)21-23-20(24-29-21)15-6-8-17(22)9-7-15/h2-9H,10-14H2,1H3. The van der Waals surface area contributed by atoms with Gasteiger partial charge in [-0.3, -0.25) is 4.79 Å². The van der Waals surface area contributed by atoms with Crippen LogP contribution in [0.15, 0.2) is 53.1 Å². The summed E-state index contributed by atoms with van der Waals surface area (Å²) < 4.78 is 10.8. The number of carbonyl (C=O) groups excluding carboxylic acids is 1. The topological polar surface area (TPSA) is 71.7 Å². The van der Waals surface area contributed by atoms with E-state index in [1.807, 2.05) is 46.2 Å². The maximum Gasteiger partial charge on any atom is 0.324 e. The Morgan fingerprint density at radius 3 is 2.55 bits per heavy atom. The van der Waals surface area contributed by atoms with Crippen LogP contribution in [0, 0.1) is 0 Å². The fourth-order valence-electron chi connectivity index (χ4n) is 3.33. The van der Waals surface area contributed by atoms with Crippen LogP contribution in [0.2, 0.25) is 5.02 Å². The molecule has 0 atom stereocenters. The van der Waals surface area contributed by atoms with Crippen LogP contribution in [0.25, 0.3) is 11.4 Å². The lowest BCUT2D eigenvalue weighted by Gasteiger charge is -2.33. The number of hydrogen-bond acceptors (Lipinski definition) is 6. The fraction of sp³-hybridized carbons (Fsp3) is 0.286. The van der Waals surface area contributed by atoms with Crippen molar-refractivity contribution in [3.63, 3.8) is 0 Å². The molecule has 2 heterocycles. The lowest BCUT2D eigenvalue weighted by molar-refractivity contribution is -0.130. The first-order valence-electron chi connectivity index (χ1n) is 9.38. The smallest absolute Gasteiger partial charge is 0.324 e. The molecule has 8 heteroatoms. The summed E-state index contributed by atoms with van der Waals surface area (Å²) in [5, 5.41) is 4.71. The molecule has 1 saturated heterocycles. The Kier molecular flexibility index (Phi) is 5.67. The van der Waals surface area contributed by atoms with Crippen LogP contribution in [0.1, 0.15) is 5.56 Å². The van der Waals surface area contributed by atoms with Crippen molar-refractivity contribution in [1.82, 2.24) is 15.0 Å². The predicted molar refractivity (Wildman–Crippen MR) is 110 cm³/mol. The van der Waals surface area contributed by atoms with Gasteiger partial charge in [0.1, 0.15) is 5.75 Å². The summed E-state index contributed by atoms with van der Waals surface area (Å²) in [6.45, 7) is 2.49. The van der Waals surface area contributed by atoms with Gasteiger partial charge in [0.15, 0.2) is 0 Å². The van der Waals surface area contributed by atoms with Gasteiger partial charge in [-0.2, -0.15) is 4.98 Å². The largest absolute Gasteiger partial charge is 0.496 e. The van der Waals surface area contributed by atoms with Crippen LogP contribution >= 0.6 is 11.6 Å². The average Bonchev–Trinajstić information content (AvgIpc) is 3.25. The van der Waals surface area contributed by atoms with Crippen molar-refractivity contribution in [2.75, 3.05) is 38.2 Å². The van der Waals surface area contributed by atoms with Crippen LogP contribution in [0.5, 0.6) is 5.75 Å². The number of anilines is 1. The SMILES string of the molecule is COc1ccccc1CC(=O)N1CCN(c2nc(-c3ccc(Cl)cc3)no2)CC1. The summed E-state index contributed by atoms with van der Waals surface area (Å²) in [7, 11) is 1.62. The number of hydrogen-bond donors (Lipinski definition) is 0. The molecule has 0 unspecified atom stereocenters. The second kappa shape index (κ2) is 8.53. The van der Waals surface area contributed by atoms with E-state index in [1.54, 1.807) is 19.2 Å². The van der Waals surface area contributed by atoms with E-state index < -0.39 is 0 Å². The number of aromatic nitrogens is 2. The third kappa shape index (κ3) is 4.35. The fourth-order valence-corrected chi connectivity index (χ4v) is 3.46. The Morgan fingerprint density at radius 1 is 1.10 bits per heavy atom. The number of piperazine rings is 1. The van der Waals surface area contributed by atoms with Crippen molar-refractivity contribution in [3.8, 4) is 17.1 Å². The molecule has 2 aromatic carbocycles. The molecular formula is C21H21ClN4O3. The lowest BCUT2D eigenvalue weighted by atomic mass is 10.1. The Hall–Kier alpha value is -3.06. The first kappa shape index (κ1) is 19.3. The van der Waals surface area contributed by atoms with Crippen LogP contribution in [-0.4, -0.2) is 54.2 Å². The molecule has 1 fully saturated rings. The number of carbonyl (C=O) groups is 1. The van der Waals surface area contributed by atoms with E-state index in [0.717, 1.165) is 16.9 Å². The van der Waals surface area contributed by atoms with Crippen molar-refractivity contribution < 1.29 is 14.1 Å². The molecule has 1 amide bonds. The Labute approximate surface area is 173 Å². The zero-order valence-corrected chi connectivity index (χ0v) is 16.8. The van der Waals surface area contributed by atoms with Gasteiger partial charge in [0.2, 0.25) is 11.7 Å². The van der Waals surface area contributed by atoms with Gasteiger partial charge in [0.05, 0.1) is 13.5 Å². The van der Waals surface area contributed by atoms with E-state index in [2.05, 4.69) is 10.1 Å². The van der Waals surface area contributed by atoms with Crippen molar-refractivity contribution in [1.29, 1.82) is 0 Å². The molecular weight excluding hydrogens is 392 g/mol. The van der Waals surface area contributed by atoms with E-state index >= 15 is 0 Å². The van der Waals surface area contributed by atoms with E-state index in [0.29, 0.717) is 49.5 Å². The molecule has 0 spiro atoms. The Balaban J connectivity index is 1.36. The maximum absolute atomic E-state index is 12.7. The normalized spacial score (nSPS) is 14.1. The number of amides is 1. The van der Waals surface area contributed by atoms with Gasteiger partial charge >= 0.3 is 6.01 Å². The average molecular weight is 413 g/mol. The van der Waals surface area contributed by atoms with E-state index in [4.69, 9.17) is 20.9 Å². The third-order valence-corrected chi connectivity index (χ3v) is 5.21. The third-order valence-electron chi connectivity index (χ3n) is 4.95. The van der Waals surface area contributed by atoms with Crippen molar-refractivity contribution in [2.45, 2.75) is 6.42 Å². The molecule has 1 aromatic heterocycles. The van der Waals surface area contributed by atoms with Gasteiger partial charge in [-0.1, -0.05) is 35.0 Å². The molecule has 0 aliphatic carbocycles. The summed E-state index contributed by atoms with van der Waals surface area (Å²) in [5.41, 5.74) is 1.74. The van der Waals surface area contributed by atoms with Gasteiger partial charge in [0.25, 0.3) is 0 Å². The van der Waals surface area contributed by atoms with Crippen LogP contribution in [0.3, 0.4) is 0 Å². The molecule has 0 radical (unpaired) electrons. The summed E-state index contributed by atoms with van der Waals surface area (Å²) in [5.74, 6) is 1.34. The Morgan fingerprint density at radius 2 is 1.83 bits per heavy atom. The molecule has 1 aliphatic heterocycles. The molecule has 29 heavy (non-hydrogen) atoms. The van der Waals surface area contributed by atoms with Crippen molar-refractivity contribution >= 4 is 23.5 Å². The number of halogens is 1. The molecule has 1 aliphatic rings. The molecule has 0 N–H and O–H groups in total. The number of ether oxygens (including phenoxy) is 1. The van der Waals surface area contributed by atoms with Crippen LogP contribution in [-0.2, 0) is 11.2 Å². The van der Waals surface area contributed by atoms with Gasteiger partial charge in [-0.25, -0.2) is 0 Å². The molecule has 150 valence electrons. The number of benzene rings is 2. The number of para-hydroxylation sites is 1.